The molecule has 0 N–H and O–H groups in total. The Balaban J connectivity index is 1.34. The van der Waals surface area contributed by atoms with E-state index in [1.807, 2.05) is 79.7 Å². The Bertz CT molecular complexity index is 1810. The van der Waals surface area contributed by atoms with Crippen molar-refractivity contribution in [3.05, 3.63) is 102 Å². The minimum Gasteiger partial charge on any atom is -0.454 e. The summed E-state index contributed by atoms with van der Waals surface area (Å²) in [6.07, 6.45) is 1.99. The molecule has 3 heterocycles. The molecule has 0 spiro atoms. The Hall–Kier alpha value is -4.91. The van der Waals surface area contributed by atoms with Gasteiger partial charge in [-0.15, -0.1) is 0 Å². The second-order valence-corrected chi connectivity index (χ2v) is 10.7. The summed E-state index contributed by atoms with van der Waals surface area (Å²) >= 11 is 0. The van der Waals surface area contributed by atoms with E-state index >= 15 is 0 Å². The first-order valence-electron chi connectivity index (χ1n) is 13.3. The molecule has 2 amide bonds. The third-order valence-corrected chi connectivity index (χ3v) is 8.56. The number of benzene rings is 4. The summed E-state index contributed by atoms with van der Waals surface area (Å²) in [5.41, 5.74) is 3.81. The molecule has 4 aliphatic rings. The van der Waals surface area contributed by atoms with E-state index in [9.17, 15) is 14.4 Å². The number of carbonyl (C=O) groups is 3. The van der Waals surface area contributed by atoms with E-state index in [0.717, 1.165) is 27.5 Å². The number of ether oxygens (including phenoxy) is 3. The Morgan fingerprint density at radius 2 is 1.57 bits per heavy atom. The van der Waals surface area contributed by atoms with Crippen molar-refractivity contribution in [1.29, 1.82) is 0 Å². The SMILES string of the molecule is Cc1ccc(N2C(=O)[C@@H]3[C@@H]4C(=O)Oc5c(ccc6ccccc56)C4=C[C@@H](c4ccc5c(c4)OCO5)[C@@H]3C2=O)cc1. The van der Waals surface area contributed by atoms with Gasteiger partial charge in [0, 0.05) is 16.9 Å². The molecule has 1 saturated heterocycles. The van der Waals surface area contributed by atoms with Gasteiger partial charge >= 0.3 is 5.97 Å². The van der Waals surface area contributed by atoms with E-state index in [1.165, 1.54) is 4.90 Å². The molecule has 4 aromatic rings. The van der Waals surface area contributed by atoms with Gasteiger partial charge in [0.2, 0.25) is 18.6 Å². The number of nitrogens with zero attached hydrogens (tertiary/aromatic N) is 1. The maximum Gasteiger partial charge on any atom is 0.319 e. The van der Waals surface area contributed by atoms with E-state index in [1.54, 1.807) is 12.1 Å². The highest BCUT2D eigenvalue weighted by Gasteiger charge is 2.60. The molecule has 0 saturated carbocycles. The van der Waals surface area contributed by atoms with Gasteiger partial charge in [-0.2, -0.15) is 0 Å². The standard InChI is InChI=1S/C33H23NO6/c1-17-6-10-20(11-7-17)34-31(35)27-23(19-9-13-25-26(14-19)39-16-38-25)15-24-22-12-8-18-4-2-3-5-21(18)30(22)40-33(37)28(24)29(27)32(34)36/h2-15,23,27-29H,16H2,1H3/t23-,27-,28+,29-/m0/s1. The van der Waals surface area contributed by atoms with Crippen LogP contribution in [0.3, 0.4) is 0 Å². The van der Waals surface area contributed by atoms with Crippen LogP contribution in [-0.2, 0) is 14.4 Å². The molecule has 7 heteroatoms. The summed E-state index contributed by atoms with van der Waals surface area (Å²) in [5, 5.41) is 1.77. The predicted molar refractivity (Wildman–Crippen MR) is 147 cm³/mol. The number of hydrogen-bond donors (Lipinski definition) is 0. The normalized spacial score (nSPS) is 24.4. The van der Waals surface area contributed by atoms with Crippen molar-refractivity contribution in [2.24, 2.45) is 17.8 Å². The van der Waals surface area contributed by atoms with Crippen LogP contribution >= 0.6 is 0 Å². The van der Waals surface area contributed by atoms with E-state index < -0.39 is 29.6 Å². The molecule has 3 aliphatic heterocycles. The molecule has 0 bridgehead atoms. The van der Waals surface area contributed by atoms with Crippen molar-refractivity contribution in [3.63, 3.8) is 0 Å². The quantitative estimate of drug-likeness (QED) is 0.197. The Morgan fingerprint density at radius 3 is 2.42 bits per heavy atom. The molecule has 1 fully saturated rings. The summed E-state index contributed by atoms with van der Waals surface area (Å²) < 4.78 is 17.1. The van der Waals surface area contributed by atoms with Gasteiger partial charge in [0.1, 0.15) is 5.75 Å². The molecule has 4 aromatic carbocycles. The Morgan fingerprint density at radius 1 is 0.800 bits per heavy atom. The van der Waals surface area contributed by atoms with Gasteiger partial charge in [-0.1, -0.05) is 66.2 Å². The predicted octanol–water partition coefficient (Wildman–Crippen LogP) is 5.40. The minimum absolute atomic E-state index is 0.129. The summed E-state index contributed by atoms with van der Waals surface area (Å²) in [7, 11) is 0. The molecule has 4 atom stereocenters. The third kappa shape index (κ3) is 3.14. The summed E-state index contributed by atoms with van der Waals surface area (Å²) in [4.78, 5) is 43.2. The van der Waals surface area contributed by atoms with Crippen LogP contribution in [0.4, 0.5) is 5.69 Å². The fraction of sp³-hybridized carbons (Fsp3) is 0.182. The van der Waals surface area contributed by atoms with Crippen LogP contribution in [0.25, 0.3) is 16.3 Å². The zero-order chi connectivity index (χ0) is 27.1. The van der Waals surface area contributed by atoms with E-state index in [4.69, 9.17) is 14.2 Å². The van der Waals surface area contributed by atoms with Crippen LogP contribution in [-0.4, -0.2) is 24.6 Å². The lowest BCUT2D eigenvalue weighted by molar-refractivity contribution is -0.142. The zero-order valence-electron chi connectivity index (χ0n) is 21.5. The Kier molecular flexibility index (Phi) is 4.77. The molecule has 0 aromatic heterocycles. The highest BCUT2D eigenvalue weighted by Crippen LogP contribution is 2.56. The van der Waals surface area contributed by atoms with Crippen molar-refractivity contribution < 1.29 is 28.6 Å². The molecular weight excluding hydrogens is 506 g/mol. The molecule has 40 heavy (non-hydrogen) atoms. The number of esters is 1. The zero-order valence-corrected chi connectivity index (χ0v) is 21.5. The van der Waals surface area contributed by atoms with E-state index in [0.29, 0.717) is 28.5 Å². The fourth-order valence-electron chi connectivity index (χ4n) is 6.68. The van der Waals surface area contributed by atoms with Crippen molar-refractivity contribution in [2.75, 3.05) is 11.7 Å². The lowest BCUT2D eigenvalue weighted by Crippen LogP contribution is -2.42. The van der Waals surface area contributed by atoms with E-state index in [-0.39, 0.29) is 18.6 Å². The monoisotopic (exact) mass is 529 g/mol. The van der Waals surface area contributed by atoms with Crippen LogP contribution in [0.2, 0.25) is 0 Å². The van der Waals surface area contributed by atoms with Gasteiger partial charge in [0.05, 0.1) is 23.4 Å². The first-order chi connectivity index (χ1) is 19.5. The fourth-order valence-corrected chi connectivity index (χ4v) is 6.68. The van der Waals surface area contributed by atoms with Crippen LogP contribution in [0.1, 0.15) is 22.6 Å². The van der Waals surface area contributed by atoms with Crippen molar-refractivity contribution in [3.8, 4) is 17.2 Å². The van der Waals surface area contributed by atoms with Gasteiger partial charge in [0.15, 0.2) is 11.5 Å². The minimum atomic E-state index is -0.906. The highest BCUT2D eigenvalue weighted by atomic mass is 16.7. The van der Waals surface area contributed by atoms with Crippen molar-refractivity contribution in [2.45, 2.75) is 12.8 Å². The van der Waals surface area contributed by atoms with Gasteiger partial charge in [0.25, 0.3) is 0 Å². The first-order valence-corrected chi connectivity index (χ1v) is 13.3. The second-order valence-electron chi connectivity index (χ2n) is 10.7. The molecule has 196 valence electrons. The van der Waals surface area contributed by atoms with Crippen LogP contribution in [0, 0.1) is 24.7 Å². The van der Waals surface area contributed by atoms with Gasteiger partial charge in [-0.25, -0.2) is 4.90 Å². The average molecular weight is 530 g/mol. The first kappa shape index (κ1) is 23.0. The number of aryl methyl sites for hydroxylation is 1. The average Bonchev–Trinajstić information content (AvgIpc) is 3.55. The third-order valence-electron chi connectivity index (χ3n) is 8.56. The number of amides is 2. The van der Waals surface area contributed by atoms with Crippen LogP contribution < -0.4 is 19.1 Å². The second kappa shape index (κ2) is 8.29. The molecule has 0 radical (unpaired) electrons. The molecule has 8 rings (SSSR count). The topological polar surface area (TPSA) is 82.1 Å². The number of allylic oxidation sites excluding steroid dienone is 1. The number of carbonyl (C=O) groups excluding carboxylic acids is 3. The number of rotatable bonds is 2. The molecule has 0 unspecified atom stereocenters. The highest BCUT2D eigenvalue weighted by molar-refractivity contribution is 6.24. The molecular formula is C33H23NO6. The van der Waals surface area contributed by atoms with Crippen molar-refractivity contribution in [1.82, 2.24) is 0 Å². The van der Waals surface area contributed by atoms with E-state index in [2.05, 4.69) is 0 Å². The smallest absolute Gasteiger partial charge is 0.319 e. The van der Waals surface area contributed by atoms with Gasteiger partial charge in [-0.05, 0) is 47.7 Å². The van der Waals surface area contributed by atoms with Gasteiger partial charge < -0.3 is 14.2 Å². The number of hydrogen-bond acceptors (Lipinski definition) is 6. The van der Waals surface area contributed by atoms with Gasteiger partial charge in [-0.3, -0.25) is 14.4 Å². The number of fused-ring (bicyclic) bond motifs is 8. The van der Waals surface area contributed by atoms with Crippen molar-refractivity contribution >= 4 is 39.8 Å². The maximum atomic E-state index is 14.1. The molecule has 7 nitrogen and oxygen atoms in total. The molecule has 1 aliphatic carbocycles. The lowest BCUT2D eigenvalue weighted by Gasteiger charge is -2.38. The van der Waals surface area contributed by atoms with Crippen LogP contribution in [0.5, 0.6) is 17.2 Å². The summed E-state index contributed by atoms with van der Waals surface area (Å²) in [6, 6.07) is 24.5. The number of anilines is 1. The summed E-state index contributed by atoms with van der Waals surface area (Å²) in [5.74, 6) is -2.56. The Labute approximate surface area is 229 Å². The maximum absolute atomic E-state index is 14.1. The lowest BCUT2D eigenvalue weighted by atomic mass is 9.64. The van der Waals surface area contributed by atoms with Crippen LogP contribution in [0.15, 0.2) is 84.9 Å². The number of imide groups is 1. The summed E-state index contributed by atoms with van der Waals surface area (Å²) in [6.45, 7) is 2.08. The largest absolute Gasteiger partial charge is 0.454 e.